The third kappa shape index (κ3) is 3.76. The Morgan fingerprint density at radius 2 is 1.92 bits per heavy atom. The zero-order valence-electron chi connectivity index (χ0n) is 14.9. The van der Waals surface area contributed by atoms with Crippen LogP contribution >= 0.6 is 0 Å². The highest BCUT2D eigenvalue weighted by Crippen LogP contribution is 2.23. The smallest absolute Gasteiger partial charge is 0.138 e. The minimum Gasteiger partial charge on any atom is -0.497 e. The average Bonchev–Trinajstić information content (AvgIpc) is 3.37. The summed E-state index contributed by atoms with van der Waals surface area (Å²) in [5, 5.41) is 11.2. The third-order valence-corrected chi connectivity index (χ3v) is 4.74. The molecule has 1 fully saturated rings. The maximum Gasteiger partial charge on any atom is 0.138 e. The van der Waals surface area contributed by atoms with E-state index in [1.807, 2.05) is 23.0 Å². The predicted molar refractivity (Wildman–Crippen MR) is 97.1 cm³/mol. The molecule has 1 N–H and O–H groups in total. The van der Waals surface area contributed by atoms with Crippen LogP contribution in [0.25, 0.3) is 5.69 Å². The van der Waals surface area contributed by atoms with Gasteiger partial charge in [0.2, 0.25) is 0 Å². The van der Waals surface area contributed by atoms with Crippen LogP contribution in [0.5, 0.6) is 5.75 Å². The van der Waals surface area contributed by atoms with Crippen molar-refractivity contribution in [1.29, 1.82) is 0 Å². The molecule has 136 valence electrons. The number of hydrogen-bond acceptors (Lipinski definition) is 6. The van der Waals surface area contributed by atoms with Crippen molar-refractivity contribution in [2.45, 2.75) is 13.1 Å². The van der Waals surface area contributed by atoms with Crippen LogP contribution in [-0.4, -0.2) is 68.1 Å². The van der Waals surface area contributed by atoms with E-state index in [1.54, 1.807) is 19.6 Å². The van der Waals surface area contributed by atoms with Gasteiger partial charge < -0.3 is 4.74 Å². The van der Waals surface area contributed by atoms with Crippen LogP contribution in [0.2, 0.25) is 0 Å². The maximum atomic E-state index is 5.42. The first kappa shape index (κ1) is 16.7. The van der Waals surface area contributed by atoms with E-state index in [4.69, 9.17) is 4.74 Å². The number of hydrogen-bond donors (Lipinski definition) is 1. The van der Waals surface area contributed by atoms with E-state index in [-0.39, 0.29) is 0 Å². The topological polar surface area (TPSA) is 75.1 Å². The molecule has 3 aromatic rings. The van der Waals surface area contributed by atoms with E-state index in [2.05, 4.69) is 42.2 Å². The lowest BCUT2D eigenvalue weighted by Gasteiger charge is -2.34. The Balaban J connectivity index is 1.43. The molecule has 0 spiro atoms. The molecule has 4 rings (SSSR count). The second-order valence-electron chi connectivity index (χ2n) is 6.43. The van der Waals surface area contributed by atoms with E-state index < -0.39 is 0 Å². The van der Waals surface area contributed by atoms with Gasteiger partial charge in [0.25, 0.3) is 0 Å². The number of benzene rings is 1. The number of nitrogens with zero attached hydrogens (tertiary/aromatic N) is 6. The van der Waals surface area contributed by atoms with Crippen molar-refractivity contribution >= 4 is 0 Å². The summed E-state index contributed by atoms with van der Waals surface area (Å²) in [7, 11) is 1.70. The molecule has 3 heterocycles. The van der Waals surface area contributed by atoms with Crippen LogP contribution < -0.4 is 4.74 Å². The highest BCUT2D eigenvalue weighted by Gasteiger charge is 2.19. The highest BCUT2D eigenvalue weighted by molar-refractivity contribution is 5.45. The van der Waals surface area contributed by atoms with Gasteiger partial charge in [-0.3, -0.25) is 14.9 Å². The maximum absolute atomic E-state index is 5.42. The minimum atomic E-state index is 0.825. The summed E-state index contributed by atoms with van der Waals surface area (Å²) in [5.74, 6) is 1.80. The molecule has 1 aliphatic rings. The van der Waals surface area contributed by atoms with Crippen molar-refractivity contribution in [1.82, 2.24) is 34.8 Å². The number of aromatic nitrogens is 5. The standard InChI is InChI=1S/C18H23N7O/c1-26-16-3-4-17(25-6-2-5-21-25)15(11-16)12-23-7-9-24(10-8-23)13-18-19-14-20-22-18/h2-6,11,14H,7-10,12-13H2,1H3,(H,19,20,22). The van der Waals surface area contributed by atoms with Gasteiger partial charge in [0.05, 0.1) is 19.3 Å². The van der Waals surface area contributed by atoms with E-state index in [0.717, 1.165) is 56.5 Å². The average molecular weight is 353 g/mol. The van der Waals surface area contributed by atoms with Gasteiger partial charge in [0.15, 0.2) is 0 Å². The summed E-state index contributed by atoms with van der Waals surface area (Å²) in [6.45, 7) is 5.77. The number of H-pyrrole nitrogens is 1. The molecule has 8 heteroatoms. The van der Waals surface area contributed by atoms with Crippen LogP contribution in [0.1, 0.15) is 11.4 Å². The van der Waals surface area contributed by atoms with Crippen LogP contribution in [0.4, 0.5) is 0 Å². The second-order valence-corrected chi connectivity index (χ2v) is 6.43. The van der Waals surface area contributed by atoms with Gasteiger partial charge in [-0.15, -0.1) is 0 Å². The van der Waals surface area contributed by atoms with Gasteiger partial charge in [0.1, 0.15) is 17.9 Å². The van der Waals surface area contributed by atoms with Crippen molar-refractivity contribution in [2.24, 2.45) is 0 Å². The van der Waals surface area contributed by atoms with Gasteiger partial charge in [0, 0.05) is 45.1 Å². The van der Waals surface area contributed by atoms with Gasteiger partial charge >= 0.3 is 0 Å². The molecule has 26 heavy (non-hydrogen) atoms. The molecule has 0 amide bonds. The van der Waals surface area contributed by atoms with Crippen molar-refractivity contribution in [3.63, 3.8) is 0 Å². The largest absolute Gasteiger partial charge is 0.497 e. The normalized spacial score (nSPS) is 16.0. The first-order chi connectivity index (χ1) is 12.8. The lowest BCUT2D eigenvalue weighted by Crippen LogP contribution is -2.45. The quantitative estimate of drug-likeness (QED) is 0.720. The fourth-order valence-corrected chi connectivity index (χ4v) is 3.32. The van der Waals surface area contributed by atoms with Gasteiger partial charge in [-0.05, 0) is 29.8 Å². The van der Waals surface area contributed by atoms with Crippen LogP contribution in [0.15, 0.2) is 43.0 Å². The number of aromatic amines is 1. The van der Waals surface area contributed by atoms with Crippen LogP contribution in [0.3, 0.4) is 0 Å². The SMILES string of the molecule is COc1ccc(-n2cccn2)c(CN2CCN(Cc3ncn[nH]3)CC2)c1. The molecule has 0 aliphatic carbocycles. The van der Waals surface area contributed by atoms with Gasteiger partial charge in [-0.1, -0.05) is 0 Å². The fourth-order valence-electron chi connectivity index (χ4n) is 3.32. The number of rotatable bonds is 6. The molecule has 0 saturated carbocycles. The Kier molecular flexibility index (Phi) is 4.94. The Bertz CT molecular complexity index is 808. The summed E-state index contributed by atoms with van der Waals surface area (Å²) in [4.78, 5) is 9.08. The fraction of sp³-hybridized carbons (Fsp3) is 0.389. The van der Waals surface area contributed by atoms with Crippen molar-refractivity contribution in [2.75, 3.05) is 33.3 Å². The zero-order chi connectivity index (χ0) is 17.8. The van der Waals surface area contributed by atoms with Crippen molar-refractivity contribution in [3.05, 3.63) is 54.4 Å². The molecule has 8 nitrogen and oxygen atoms in total. The Hall–Kier alpha value is -2.71. The Morgan fingerprint density at radius 1 is 1.12 bits per heavy atom. The molecule has 0 atom stereocenters. The summed E-state index contributed by atoms with van der Waals surface area (Å²) in [6, 6.07) is 8.10. The van der Waals surface area contributed by atoms with E-state index in [1.165, 1.54) is 5.56 Å². The molecular formula is C18H23N7O. The highest BCUT2D eigenvalue weighted by atomic mass is 16.5. The first-order valence-electron chi connectivity index (χ1n) is 8.78. The van der Waals surface area contributed by atoms with E-state index in [0.29, 0.717) is 0 Å². The number of methoxy groups -OCH3 is 1. The van der Waals surface area contributed by atoms with Crippen molar-refractivity contribution < 1.29 is 4.74 Å². The summed E-state index contributed by atoms with van der Waals surface area (Å²) in [5.41, 5.74) is 2.32. The molecule has 0 radical (unpaired) electrons. The van der Waals surface area contributed by atoms with Gasteiger partial charge in [-0.25, -0.2) is 9.67 Å². The lowest BCUT2D eigenvalue weighted by molar-refractivity contribution is 0.120. The number of nitrogens with one attached hydrogen (secondary N) is 1. The van der Waals surface area contributed by atoms with Crippen LogP contribution in [-0.2, 0) is 13.1 Å². The van der Waals surface area contributed by atoms with E-state index >= 15 is 0 Å². The van der Waals surface area contributed by atoms with Gasteiger partial charge in [-0.2, -0.15) is 10.2 Å². The lowest BCUT2D eigenvalue weighted by atomic mass is 10.1. The Morgan fingerprint density at radius 3 is 2.58 bits per heavy atom. The third-order valence-electron chi connectivity index (χ3n) is 4.74. The zero-order valence-corrected chi connectivity index (χ0v) is 14.9. The van der Waals surface area contributed by atoms with E-state index in [9.17, 15) is 0 Å². The van der Waals surface area contributed by atoms with Crippen molar-refractivity contribution in [3.8, 4) is 11.4 Å². The number of piperazine rings is 1. The monoisotopic (exact) mass is 353 g/mol. The summed E-state index contributed by atoms with van der Waals surface area (Å²) >= 11 is 0. The molecule has 2 aromatic heterocycles. The molecular weight excluding hydrogens is 330 g/mol. The Labute approximate surface area is 152 Å². The predicted octanol–water partition coefficient (Wildman–Crippen LogP) is 1.32. The number of ether oxygens (including phenoxy) is 1. The molecule has 1 saturated heterocycles. The second kappa shape index (κ2) is 7.67. The first-order valence-corrected chi connectivity index (χ1v) is 8.78. The molecule has 1 aliphatic heterocycles. The van der Waals surface area contributed by atoms with Crippen LogP contribution in [0, 0.1) is 0 Å². The molecule has 1 aromatic carbocycles. The minimum absolute atomic E-state index is 0.825. The molecule has 0 unspecified atom stereocenters. The summed E-state index contributed by atoms with van der Waals surface area (Å²) in [6.07, 6.45) is 5.34. The summed E-state index contributed by atoms with van der Waals surface area (Å²) < 4.78 is 7.33. The molecule has 0 bridgehead atoms.